The first kappa shape index (κ1) is 16.3. The maximum Gasteiger partial charge on any atom is 0.277 e. The van der Waals surface area contributed by atoms with Crippen LogP contribution in [0.15, 0.2) is 0 Å². The monoisotopic (exact) mass is 359 g/mol. The SMILES string of the molecule is Cn1nc(C(=O)Nc2sc3c(c2C(N)=O)CCCC3)c2c1CCNC2. The van der Waals surface area contributed by atoms with Crippen LogP contribution in [0.1, 0.15) is 55.4 Å². The van der Waals surface area contributed by atoms with Crippen molar-refractivity contribution in [3.8, 4) is 0 Å². The molecule has 0 radical (unpaired) electrons. The van der Waals surface area contributed by atoms with E-state index in [4.69, 9.17) is 5.73 Å². The van der Waals surface area contributed by atoms with E-state index >= 15 is 0 Å². The van der Waals surface area contributed by atoms with Gasteiger partial charge in [-0.1, -0.05) is 0 Å². The second-order valence-corrected chi connectivity index (χ2v) is 7.66. The molecule has 0 saturated carbocycles. The van der Waals surface area contributed by atoms with Crippen molar-refractivity contribution in [3.05, 3.63) is 33.0 Å². The Morgan fingerprint density at radius 2 is 2.04 bits per heavy atom. The summed E-state index contributed by atoms with van der Waals surface area (Å²) in [5.41, 5.74) is 9.55. The Hall–Kier alpha value is -2.19. The summed E-state index contributed by atoms with van der Waals surface area (Å²) < 4.78 is 1.78. The van der Waals surface area contributed by atoms with Crippen molar-refractivity contribution in [1.82, 2.24) is 15.1 Å². The summed E-state index contributed by atoms with van der Waals surface area (Å²) in [6.07, 6.45) is 4.81. The molecule has 2 aromatic heterocycles. The molecule has 25 heavy (non-hydrogen) atoms. The highest BCUT2D eigenvalue weighted by molar-refractivity contribution is 7.17. The number of aromatic nitrogens is 2. The molecule has 1 aliphatic carbocycles. The van der Waals surface area contributed by atoms with Gasteiger partial charge in [0.15, 0.2) is 5.69 Å². The van der Waals surface area contributed by atoms with Crippen LogP contribution in [0.2, 0.25) is 0 Å². The molecule has 0 unspecified atom stereocenters. The van der Waals surface area contributed by atoms with Crippen LogP contribution in [0.25, 0.3) is 0 Å². The van der Waals surface area contributed by atoms with E-state index in [1.807, 2.05) is 7.05 Å². The van der Waals surface area contributed by atoms with E-state index in [-0.39, 0.29) is 5.91 Å². The molecule has 2 aliphatic rings. The van der Waals surface area contributed by atoms with Crippen LogP contribution in [0.5, 0.6) is 0 Å². The van der Waals surface area contributed by atoms with Gasteiger partial charge in [-0.3, -0.25) is 14.3 Å². The number of aryl methyl sites for hydroxylation is 2. The zero-order valence-electron chi connectivity index (χ0n) is 14.1. The molecule has 0 spiro atoms. The molecule has 7 nitrogen and oxygen atoms in total. The molecular formula is C17H21N5O2S. The maximum absolute atomic E-state index is 12.8. The maximum atomic E-state index is 12.8. The molecule has 2 amide bonds. The molecule has 0 bridgehead atoms. The molecule has 0 atom stereocenters. The Balaban J connectivity index is 1.68. The number of fused-ring (bicyclic) bond motifs is 2. The lowest BCUT2D eigenvalue weighted by Gasteiger charge is -2.14. The Bertz CT molecular complexity index is 867. The summed E-state index contributed by atoms with van der Waals surface area (Å²) in [7, 11) is 1.86. The highest BCUT2D eigenvalue weighted by atomic mass is 32.1. The number of nitrogens with two attached hydrogens (primary N) is 1. The first-order chi connectivity index (χ1) is 12.1. The minimum absolute atomic E-state index is 0.276. The van der Waals surface area contributed by atoms with Crippen LogP contribution in [0, 0.1) is 0 Å². The van der Waals surface area contributed by atoms with Crippen LogP contribution in [-0.2, 0) is 32.9 Å². The number of thiophene rings is 1. The van der Waals surface area contributed by atoms with Gasteiger partial charge in [-0.15, -0.1) is 11.3 Å². The van der Waals surface area contributed by atoms with Gasteiger partial charge >= 0.3 is 0 Å². The summed E-state index contributed by atoms with van der Waals surface area (Å²) in [5.74, 6) is -0.749. The van der Waals surface area contributed by atoms with Crippen molar-refractivity contribution in [3.63, 3.8) is 0 Å². The molecule has 1 aliphatic heterocycles. The number of anilines is 1. The number of hydrogen-bond donors (Lipinski definition) is 3. The van der Waals surface area contributed by atoms with Gasteiger partial charge in [0.1, 0.15) is 5.00 Å². The quantitative estimate of drug-likeness (QED) is 0.770. The second-order valence-electron chi connectivity index (χ2n) is 6.56. The fourth-order valence-corrected chi connectivity index (χ4v) is 5.07. The highest BCUT2D eigenvalue weighted by Crippen LogP contribution is 2.38. The molecule has 3 heterocycles. The molecule has 2 aromatic rings. The van der Waals surface area contributed by atoms with Crippen LogP contribution in [0.3, 0.4) is 0 Å². The van der Waals surface area contributed by atoms with E-state index in [2.05, 4.69) is 15.7 Å². The largest absolute Gasteiger partial charge is 0.365 e. The molecule has 0 saturated heterocycles. The third-order valence-corrected chi connectivity index (χ3v) is 6.18. The molecule has 0 aromatic carbocycles. The Morgan fingerprint density at radius 3 is 2.84 bits per heavy atom. The standard InChI is InChI=1S/C17H21N5O2S/c1-22-11-6-7-19-8-10(11)14(21-22)16(24)20-17-13(15(18)23)9-4-2-3-5-12(9)25-17/h19H,2-8H2,1H3,(H2,18,23)(H,20,24). The van der Waals surface area contributed by atoms with Crippen molar-refractivity contribution in [2.75, 3.05) is 11.9 Å². The summed E-state index contributed by atoms with van der Waals surface area (Å²) in [4.78, 5) is 26.0. The Kier molecular flexibility index (Phi) is 4.09. The van der Waals surface area contributed by atoms with E-state index < -0.39 is 5.91 Å². The van der Waals surface area contributed by atoms with Gasteiger partial charge in [-0.2, -0.15) is 5.10 Å². The average molecular weight is 359 g/mol. The van der Waals surface area contributed by atoms with Gasteiger partial charge in [0.25, 0.3) is 11.8 Å². The van der Waals surface area contributed by atoms with Crippen molar-refractivity contribution < 1.29 is 9.59 Å². The van der Waals surface area contributed by atoms with Crippen LogP contribution in [-0.4, -0.2) is 28.1 Å². The lowest BCUT2D eigenvalue weighted by molar-refractivity contribution is 0.100. The number of primary amides is 1. The minimum Gasteiger partial charge on any atom is -0.365 e. The predicted octanol–water partition coefficient (Wildman–Crippen LogP) is 1.36. The van der Waals surface area contributed by atoms with Crippen molar-refractivity contribution in [2.24, 2.45) is 12.8 Å². The number of rotatable bonds is 3. The van der Waals surface area contributed by atoms with Crippen LogP contribution >= 0.6 is 11.3 Å². The fraction of sp³-hybridized carbons (Fsp3) is 0.471. The Labute approximate surface area is 149 Å². The summed E-state index contributed by atoms with van der Waals surface area (Å²) >= 11 is 1.47. The average Bonchev–Trinajstić information content (AvgIpc) is 3.13. The molecule has 132 valence electrons. The van der Waals surface area contributed by atoms with Crippen molar-refractivity contribution in [1.29, 1.82) is 0 Å². The fourth-order valence-electron chi connectivity index (χ4n) is 3.78. The molecule has 4 rings (SSSR count). The molecule has 4 N–H and O–H groups in total. The zero-order chi connectivity index (χ0) is 17.6. The summed E-state index contributed by atoms with van der Waals surface area (Å²) in [6.45, 7) is 1.52. The van der Waals surface area contributed by atoms with Gasteiger partial charge < -0.3 is 16.4 Å². The number of hydrogen-bond acceptors (Lipinski definition) is 5. The molecule has 8 heteroatoms. The van der Waals surface area contributed by atoms with E-state index in [0.717, 1.165) is 55.5 Å². The lowest BCUT2D eigenvalue weighted by atomic mass is 9.95. The van der Waals surface area contributed by atoms with Crippen LogP contribution in [0.4, 0.5) is 5.00 Å². The first-order valence-corrected chi connectivity index (χ1v) is 9.39. The number of nitrogens with zero attached hydrogens (tertiary/aromatic N) is 2. The minimum atomic E-state index is -0.473. The van der Waals surface area contributed by atoms with Gasteiger partial charge in [-0.25, -0.2) is 0 Å². The highest BCUT2D eigenvalue weighted by Gasteiger charge is 2.28. The number of nitrogens with one attached hydrogen (secondary N) is 2. The van der Waals surface area contributed by atoms with Gasteiger partial charge in [0.05, 0.1) is 5.56 Å². The molecule has 0 fully saturated rings. The number of carbonyl (C=O) groups is 2. The van der Waals surface area contributed by atoms with E-state index in [1.165, 1.54) is 16.2 Å². The topological polar surface area (TPSA) is 102 Å². The Morgan fingerprint density at radius 1 is 1.24 bits per heavy atom. The smallest absolute Gasteiger partial charge is 0.277 e. The van der Waals surface area contributed by atoms with E-state index in [9.17, 15) is 9.59 Å². The summed E-state index contributed by atoms with van der Waals surface area (Å²) in [5, 5.41) is 11.1. The predicted molar refractivity (Wildman–Crippen MR) is 96.1 cm³/mol. The zero-order valence-corrected chi connectivity index (χ0v) is 15.0. The second kappa shape index (κ2) is 6.27. The lowest BCUT2D eigenvalue weighted by Crippen LogP contribution is -2.26. The number of amides is 2. The normalized spacial score (nSPS) is 16.2. The van der Waals surface area contributed by atoms with E-state index in [0.29, 0.717) is 22.8 Å². The van der Waals surface area contributed by atoms with Crippen molar-refractivity contribution >= 4 is 28.2 Å². The van der Waals surface area contributed by atoms with Gasteiger partial charge in [-0.05, 0) is 31.2 Å². The third kappa shape index (κ3) is 2.75. The summed E-state index contributed by atoms with van der Waals surface area (Å²) in [6, 6.07) is 0. The van der Waals surface area contributed by atoms with Crippen molar-refractivity contribution in [2.45, 2.75) is 38.6 Å². The molecular weight excluding hydrogens is 338 g/mol. The van der Waals surface area contributed by atoms with Crippen LogP contribution < -0.4 is 16.4 Å². The van der Waals surface area contributed by atoms with Gasteiger partial charge in [0, 0.05) is 42.7 Å². The first-order valence-electron chi connectivity index (χ1n) is 8.57. The van der Waals surface area contributed by atoms with Gasteiger partial charge in [0.2, 0.25) is 0 Å². The number of carbonyl (C=O) groups excluding carboxylic acids is 2. The van der Waals surface area contributed by atoms with E-state index in [1.54, 1.807) is 4.68 Å². The third-order valence-electron chi connectivity index (χ3n) is 4.98.